The van der Waals surface area contributed by atoms with Gasteiger partial charge in [-0.15, -0.1) is 0 Å². The predicted molar refractivity (Wildman–Crippen MR) is 65.1 cm³/mol. The number of carbonyl (C=O) groups excluding carboxylic acids is 1. The predicted octanol–water partition coefficient (Wildman–Crippen LogP) is -0.0881. The van der Waals surface area contributed by atoms with Crippen LogP contribution in [0, 0.1) is 0 Å². The number of nitrogens with zero attached hydrogens (tertiary/aromatic N) is 1. The topological polar surface area (TPSA) is 102 Å². The highest BCUT2D eigenvalue weighted by Gasteiger charge is 2.23. The number of sulfone groups is 1. The average molecular weight is 257 g/mol. The van der Waals surface area contributed by atoms with E-state index < -0.39 is 21.0 Å². The first-order chi connectivity index (χ1) is 7.84. The summed E-state index contributed by atoms with van der Waals surface area (Å²) in [6.45, 7) is 1.69. The second-order valence-corrected chi connectivity index (χ2v) is 6.08. The van der Waals surface area contributed by atoms with Crippen LogP contribution in [-0.4, -0.2) is 30.8 Å². The number of aromatic nitrogens is 1. The summed E-state index contributed by atoms with van der Waals surface area (Å²) in [6.07, 6.45) is 2.54. The van der Waals surface area contributed by atoms with Gasteiger partial charge in [0.25, 0.3) is 0 Å². The van der Waals surface area contributed by atoms with Gasteiger partial charge in [-0.2, -0.15) is 0 Å². The monoisotopic (exact) mass is 257 g/mol. The summed E-state index contributed by atoms with van der Waals surface area (Å²) < 4.78 is 22.3. The molecule has 0 aromatic carbocycles. The minimum Gasteiger partial charge on any atom is -0.326 e. The number of hydrogen-bond acceptors (Lipinski definition) is 5. The molecule has 0 saturated heterocycles. The van der Waals surface area contributed by atoms with E-state index in [0.717, 1.165) is 11.8 Å². The molecule has 0 aliphatic heterocycles. The SMILES string of the molecule is CC(C(=O)Nc1ccc(CN)cn1)S(C)(=O)=O. The van der Waals surface area contributed by atoms with Crippen molar-refractivity contribution in [1.82, 2.24) is 4.98 Å². The van der Waals surface area contributed by atoms with E-state index in [0.29, 0.717) is 12.4 Å². The standard InChI is InChI=1S/C10H15N3O3S/c1-7(17(2,15)16)10(14)13-9-4-3-8(5-11)6-12-9/h3-4,6-7H,5,11H2,1-2H3,(H,12,13,14). The summed E-state index contributed by atoms with van der Waals surface area (Å²) >= 11 is 0. The average Bonchev–Trinajstić information content (AvgIpc) is 2.27. The van der Waals surface area contributed by atoms with E-state index in [1.807, 2.05) is 0 Å². The Morgan fingerprint density at radius 1 is 1.53 bits per heavy atom. The number of nitrogens with two attached hydrogens (primary N) is 1. The first-order valence-corrected chi connectivity index (χ1v) is 6.94. The van der Waals surface area contributed by atoms with Gasteiger partial charge in [0.15, 0.2) is 9.84 Å². The number of nitrogens with one attached hydrogen (secondary N) is 1. The first kappa shape index (κ1) is 13.6. The maximum absolute atomic E-state index is 11.6. The first-order valence-electron chi connectivity index (χ1n) is 4.99. The molecule has 1 aromatic heterocycles. The van der Waals surface area contributed by atoms with Crippen LogP contribution in [0.4, 0.5) is 5.82 Å². The third kappa shape index (κ3) is 3.79. The maximum Gasteiger partial charge on any atom is 0.243 e. The van der Waals surface area contributed by atoms with Crippen molar-refractivity contribution in [3.05, 3.63) is 23.9 Å². The maximum atomic E-state index is 11.6. The third-order valence-corrected chi connectivity index (χ3v) is 3.82. The van der Waals surface area contributed by atoms with Gasteiger partial charge < -0.3 is 11.1 Å². The lowest BCUT2D eigenvalue weighted by Crippen LogP contribution is -2.32. The van der Waals surface area contributed by atoms with Crippen LogP contribution in [-0.2, 0) is 21.2 Å². The zero-order chi connectivity index (χ0) is 13.1. The smallest absolute Gasteiger partial charge is 0.243 e. The Labute approximate surface area is 100 Å². The molecule has 0 bridgehead atoms. The van der Waals surface area contributed by atoms with E-state index in [9.17, 15) is 13.2 Å². The molecule has 17 heavy (non-hydrogen) atoms. The molecule has 0 spiro atoms. The fourth-order valence-corrected chi connectivity index (χ4v) is 1.49. The van der Waals surface area contributed by atoms with Gasteiger partial charge in [-0.05, 0) is 18.6 Å². The Kier molecular flexibility index (Phi) is 4.19. The van der Waals surface area contributed by atoms with Crippen LogP contribution in [0.2, 0.25) is 0 Å². The molecule has 3 N–H and O–H groups in total. The van der Waals surface area contributed by atoms with Gasteiger partial charge in [0.05, 0.1) is 0 Å². The highest BCUT2D eigenvalue weighted by molar-refractivity contribution is 7.92. The molecular formula is C10H15N3O3S. The molecule has 1 rings (SSSR count). The Bertz CT molecular complexity index is 496. The molecule has 94 valence electrons. The molecule has 6 nitrogen and oxygen atoms in total. The van der Waals surface area contributed by atoms with E-state index in [2.05, 4.69) is 10.3 Å². The summed E-state index contributed by atoms with van der Waals surface area (Å²) in [6, 6.07) is 3.29. The van der Waals surface area contributed by atoms with Crippen LogP contribution in [0.3, 0.4) is 0 Å². The van der Waals surface area contributed by atoms with Crippen LogP contribution < -0.4 is 11.1 Å². The van der Waals surface area contributed by atoms with Crippen LogP contribution >= 0.6 is 0 Å². The summed E-state index contributed by atoms with van der Waals surface area (Å²) in [4.78, 5) is 15.5. The van der Waals surface area contributed by atoms with Crippen molar-refractivity contribution >= 4 is 21.6 Å². The largest absolute Gasteiger partial charge is 0.326 e. The Morgan fingerprint density at radius 2 is 2.18 bits per heavy atom. The zero-order valence-corrected chi connectivity index (χ0v) is 10.5. The number of hydrogen-bond donors (Lipinski definition) is 2. The number of pyridine rings is 1. The Hall–Kier alpha value is -1.47. The van der Waals surface area contributed by atoms with Crippen molar-refractivity contribution in [2.75, 3.05) is 11.6 Å². The molecule has 0 saturated carbocycles. The molecule has 1 heterocycles. The van der Waals surface area contributed by atoms with E-state index in [-0.39, 0.29) is 0 Å². The van der Waals surface area contributed by atoms with Crippen LogP contribution in [0.15, 0.2) is 18.3 Å². The number of amides is 1. The zero-order valence-electron chi connectivity index (χ0n) is 9.67. The lowest BCUT2D eigenvalue weighted by Gasteiger charge is -2.09. The second-order valence-electron chi connectivity index (χ2n) is 3.72. The number of anilines is 1. The number of carbonyl (C=O) groups is 1. The summed E-state index contributed by atoms with van der Waals surface area (Å²) in [5, 5.41) is 1.33. The van der Waals surface area contributed by atoms with Gasteiger partial charge in [-0.25, -0.2) is 13.4 Å². The minimum absolute atomic E-state index is 0.308. The van der Waals surface area contributed by atoms with Crippen LogP contribution in [0.1, 0.15) is 12.5 Å². The molecule has 7 heteroatoms. The molecule has 0 radical (unpaired) electrons. The van der Waals surface area contributed by atoms with Gasteiger partial charge in [0.1, 0.15) is 11.1 Å². The number of rotatable bonds is 4. The van der Waals surface area contributed by atoms with Gasteiger partial charge >= 0.3 is 0 Å². The molecule has 1 aromatic rings. The Morgan fingerprint density at radius 3 is 2.59 bits per heavy atom. The van der Waals surface area contributed by atoms with E-state index >= 15 is 0 Å². The lowest BCUT2D eigenvalue weighted by molar-refractivity contribution is -0.115. The highest BCUT2D eigenvalue weighted by Crippen LogP contribution is 2.07. The molecule has 0 aliphatic rings. The molecule has 0 fully saturated rings. The lowest BCUT2D eigenvalue weighted by atomic mass is 10.3. The Balaban J connectivity index is 2.74. The van der Waals surface area contributed by atoms with Crippen molar-refractivity contribution in [2.24, 2.45) is 5.73 Å². The molecular weight excluding hydrogens is 242 g/mol. The fraction of sp³-hybridized carbons (Fsp3) is 0.400. The van der Waals surface area contributed by atoms with Gasteiger partial charge in [-0.1, -0.05) is 6.07 Å². The summed E-state index contributed by atoms with van der Waals surface area (Å²) in [5.41, 5.74) is 6.23. The van der Waals surface area contributed by atoms with E-state index in [1.165, 1.54) is 13.1 Å². The molecule has 0 aliphatic carbocycles. The van der Waals surface area contributed by atoms with Crippen molar-refractivity contribution < 1.29 is 13.2 Å². The molecule has 1 unspecified atom stereocenters. The summed E-state index contributed by atoms with van der Waals surface area (Å²) in [5.74, 6) is -0.289. The van der Waals surface area contributed by atoms with Crippen molar-refractivity contribution in [2.45, 2.75) is 18.7 Å². The van der Waals surface area contributed by atoms with E-state index in [4.69, 9.17) is 5.73 Å². The molecule has 1 atom stereocenters. The quantitative estimate of drug-likeness (QED) is 0.785. The van der Waals surface area contributed by atoms with Crippen molar-refractivity contribution in [1.29, 1.82) is 0 Å². The molecule has 1 amide bonds. The third-order valence-electron chi connectivity index (χ3n) is 2.32. The normalized spacial score (nSPS) is 13.1. The van der Waals surface area contributed by atoms with Gasteiger partial charge in [0.2, 0.25) is 5.91 Å². The second kappa shape index (κ2) is 5.24. The van der Waals surface area contributed by atoms with Crippen LogP contribution in [0.5, 0.6) is 0 Å². The van der Waals surface area contributed by atoms with Gasteiger partial charge in [0, 0.05) is 19.0 Å². The summed E-state index contributed by atoms with van der Waals surface area (Å²) in [7, 11) is -3.39. The van der Waals surface area contributed by atoms with E-state index in [1.54, 1.807) is 12.1 Å². The van der Waals surface area contributed by atoms with Crippen molar-refractivity contribution in [3.8, 4) is 0 Å². The fourth-order valence-electron chi connectivity index (χ4n) is 1.04. The minimum atomic E-state index is -3.39. The highest BCUT2D eigenvalue weighted by atomic mass is 32.2. The van der Waals surface area contributed by atoms with Crippen molar-refractivity contribution in [3.63, 3.8) is 0 Å². The van der Waals surface area contributed by atoms with Crippen LogP contribution in [0.25, 0.3) is 0 Å². The van der Waals surface area contributed by atoms with Gasteiger partial charge in [-0.3, -0.25) is 4.79 Å².